The highest BCUT2D eigenvalue weighted by molar-refractivity contribution is 7.98. The molecule has 0 radical (unpaired) electrons. The van der Waals surface area contributed by atoms with Crippen molar-refractivity contribution in [2.45, 2.75) is 24.6 Å². The number of hydrogen-bond donors (Lipinski definition) is 1. The van der Waals surface area contributed by atoms with Crippen molar-refractivity contribution in [2.24, 2.45) is 0 Å². The molecular formula is C22H24N4OS. The highest BCUT2D eigenvalue weighted by Gasteiger charge is 2.12. The van der Waals surface area contributed by atoms with Crippen LogP contribution in [0.5, 0.6) is 0 Å². The second-order valence-electron chi connectivity index (χ2n) is 6.64. The highest BCUT2D eigenvalue weighted by Crippen LogP contribution is 2.22. The van der Waals surface area contributed by atoms with Gasteiger partial charge >= 0.3 is 0 Å². The van der Waals surface area contributed by atoms with Gasteiger partial charge in [-0.3, -0.25) is 9.78 Å². The maximum atomic E-state index is 12.4. The Bertz CT molecular complexity index is 946. The minimum absolute atomic E-state index is 0.0830. The van der Waals surface area contributed by atoms with Gasteiger partial charge in [0.05, 0.1) is 18.9 Å². The molecule has 0 saturated carbocycles. The molecule has 1 aromatic heterocycles. The molecule has 3 aromatic rings. The molecule has 0 saturated heterocycles. The van der Waals surface area contributed by atoms with Gasteiger partial charge in [0.15, 0.2) is 0 Å². The van der Waals surface area contributed by atoms with E-state index in [1.54, 1.807) is 29.1 Å². The second-order valence-corrected chi connectivity index (χ2v) is 7.64. The summed E-state index contributed by atoms with van der Waals surface area (Å²) in [6, 6.07) is 16.1. The number of likely N-dealkylation sites (N-methyl/N-ethyl adjacent to an activating group) is 1. The number of aromatic nitrogens is 2. The van der Waals surface area contributed by atoms with Gasteiger partial charge in [0, 0.05) is 18.5 Å². The van der Waals surface area contributed by atoms with E-state index in [2.05, 4.69) is 27.4 Å². The quantitative estimate of drug-likeness (QED) is 0.602. The number of hydrogen-bond acceptors (Lipinski definition) is 5. The van der Waals surface area contributed by atoms with Crippen LogP contribution < -0.4 is 10.2 Å². The van der Waals surface area contributed by atoms with Crippen LogP contribution in [-0.4, -0.2) is 29.5 Å². The Kier molecular flexibility index (Phi) is 6.66. The lowest BCUT2D eigenvalue weighted by Crippen LogP contribution is -2.31. The topological polar surface area (TPSA) is 58.1 Å². The van der Waals surface area contributed by atoms with E-state index in [9.17, 15) is 4.79 Å². The van der Waals surface area contributed by atoms with Gasteiger partial charge in [-0.2, -0.15) is 0 Å². The fourth-order valence-corrected chi connectivity index (χ4v) is 3.50. The summed E-state index contributed by atoms with van der Waals surface area (Å²) < 4.78 is 0. The fourth-order valence-electron chi connectivity index (χ4n) is 2.70. The van der Waals surface area contributed by atoms with Gasteiger partial charge in [0.2, 0.25) is 5.91 Å². The predicted octanol–water partition coefficient (Wildman–Crippen LogP) is 4.46. The Morgan fingerprint density at radius 2 is 1.86 bits per heavy atom. The number of carbonyl (C=O) groups is 1. The summed E-state index contributed by atoms with van der Waals surface area (Å²) in [6.45, 7) is 4.24. The van der Waals surface area contributed by atoms with Crippen molar-refractivity contribution in [3.63, 3.8) is 0 Å². The minimum Gasteiger partial charge on any atom is -0.349 e. The van der Waals surface area contributed by atoms with Crippen LogP contribution in [0.25, 0.3) is 0 Å². The zero-order valence-corrected chi connectivity index (χ0v) is 17.2. The lowest BCUT2D eigenvalue weighted by atomic mass is 10.1. The lowest BCUT2D eigenvalue weighted by molar-refractivity contribution is -0.114. The van der Waals surface area contributed by atoms with E-state index < -0.39 is 0 Å². The van der Waals surface area contributed by atoms with Gasteiger partial charge in [-0.1, -0.05) is 42.5 Å². The molecule has 2 aromatic carbocycles. The zero-order valence-electron chi connectivity index (χ0n) is 16.3. The first-order valence-corrected chi connectivity index (χ1v) is 10.1. The largest absolute Gasteiger partial charge is 0.349 e. The number of rotatable bonds is 7. The summed E-state index contributed by atoms with van der Waals surface area (Å²) in [5.41, 5.74) is 4.32. The van der Waals surface area contributed by atoms with E-state index in [0.717, 1.165) is 27.6 Å². The summed E-state index contributed by atoms with van der Waals surface area (Å²) in [4.78, 5) is 23.2. The van der Waals surface area contributed by atoms with E-state index in [1.807, 2.05) is 57.3 Å². The first kappa shape index (κ1) is 19.9. The van der Waals surface area contributed by atoms with Gasteiger partial charge < -0.3 is 10.2 Å². The lowest BCUT2D eigenvalue weighted by Gasteiger charge is -2.18. The van der Waals surface area contributed by atoms with Crippen molar-refractivity contribution < 1.29 is 4.79 Å². The summed E-state index contributed by atoms with van der Waals surface area (Å²) in [5, 5.41) is 3.82. The molecule has 28 heavy (non-hydrogen) atoms. The zero-order chi connectivity index (χ0) is 19.9. The molecular weight excluding hydrogens is 368 g/mol. The third kappa shape index (κ3) is 5.33. The number of anilines is 2. The van der Waals surface area contributed by atoms with E-state index >= 15 is 0 Å². The summed E-state index contributed by atoms with van der Waals surface area (Å²) in [5.74, 6) is 1.42. The average molecular weight is 393 g/mol. The van der Waals surface area contributed by atoms with Crippen LogP contribution in [-0.2, 0) is 10.5 Å². The molecule has 1 N–H and O–H groups in total. The van der Waals surface area contributed by atoms with E-state index in [4.69, 9.17) is 0 Å². The molecule has 0 atom stereocenters. The number of thioether (sulfide) groups is 1. The fraction of sp³-hybridized carbons (Fsp3) is 0.227. The molecule has 3 rings (SSSR count). The average Bonchev–Trinajstić information content (AvgIpc) is 2.71. The van der Waals surface area contributed by atoms with Crippen LogP contribution in [0, 0.1) is 13.8 Å². The molecule has 0 aliphatic heterocycles. The van der Waals surface area contributed by atoms with Crippen molar-refractivity contribution in [1.29, 1.82) is 0 Å². The summed E-state index contributed by atoms with van der Waals surface area (Å²) >= 11 is 1.63. The predicted molar refractivity (Wildman–Crippen MR) is 116 cm³/mol. The number of nitrogens with one attached hydrogen (secondary N) is 1. The third-order valence-electron chi connectivity index (χ3n) is 4.48. The summed E-state index contributed by atoms with van der Waals surface area (Å²) in [6.07, 6.45) is 3.43. The number of benzene rings is 2. The summed E-state index contributed by atoms with van der Waals surface area (Å²) in [7, 11) is 1.85. The number of aryl methyl sites for hydroxylation is 1. The molecule has 1 amide bonds. The molecule has 0 fully saturated rings. The maximum Gasteiger partial charge on any atom is 0.243 e. The van der Waals surface area contributed by atoms with Crippen molar-refractivity contribution in [2.75, 3.05) is 23.8 Å². The standard InChI is InChI=1S/C22H24N4OS/c1-16-8-7-11-19(17(16)2)24-21(27)14-26(3)20-12-23-13-22(25-20)28-15-18-9-5-4-6-10-18/h4-13H,14-15H2,1-3H3,(H,24,27). The first-order valence-electron chi connectivity index (χ1n) is 9.09. The molecule has 0 bridgehead atoms. The van der Waals surface area contributed by atoms with Gasteiger partial charge in [0.1, 0.15) is 10.8 Å². The van der Waals surface area contributed by atoms with Crippen LogP contribution in [0.1, 0.15) is 16.7 Å². The van der Waals surface area contributed by atoms with E-state index in [0.29, 0.717) is 5.82 Å². The van der Waals surface area contributed by atoms with Gasteiger partial charge in [-0.05, 0) is 36.6 Å². The van der Waals surface area contributed by atoms with E-state index in [-0.39, 0.29) is 12.5 Å². The SMILES string of the molecule is Cc1cccc(NC(=O)CN(C)c2cncc(SCc3ccccc3)n2)c1C. The highest BCUT2D eigenvalue weighted by atomic mass is 32.2. The van der Waals surface area contributed by atoms with Crippen LogP contribution in [0.15, 0.2) is 66.0 Å². The van der Waals surface area contributed by atoms with Crippen LogP contribution in [0.4, 0.5) is 11.5 Å². The second kappa shape index (κ2) is 9.37. The third-order valence-corrected chi connectivity index (χ3v) is 5.45. The van der Waals surface area contributed by atoms with Gasteiger partial charge in [-0.25, -0.2) is 4.98 Å². The first-order chi connectivity index (χ1) is 13.5. The molecule has 0 unspecified atom stereocenters. The molecule has 0 spiro atoms. The number of amides is 1. The number of nitrogens with zero attached hydrogens (tertiary/aromatic N) is 3. The van der Waals surface area contributed by atoms with Crippen LogP contribution in [0.3, 0.4) is 0 Å². The normalized spacial score (nSPS) is 10.5. The van der Waals surface area contributed by atoms with Crippen molar-refractivity contribution in [3.05, 3.63) is 77.6 Å². The molecule has 6 heteroatoms. The van der Waals surface area contributed by atoms with Crippen LogP contribution in [0.2, 0.25) is 0 Å². The molecule has 5 nitrogen and oxygen atoms in total. The Labute approximate surface area is 170 Å². The molecule has 0 aliphatic carbocycles. The van der Waals surface area contributed by atoms with Gasteiger partial charge in [0.25, 0.3) is 0 Å². The maximum absolute atomic E-state index is 12.4. The minimum atomic E-state index is -0.0830. The Morgan fingerprint density at radius 1 is 1.07 bits per heavy atom. The monoisotopic (exact) mass is 392 g/mol. The van der Waals surface area contributed by atoms with Crippen molar-refractivity contribution in [3.8, 4) is 0 Å². The molecule has 1 heterocycles. The smallest absolute Gasteiger partial charge is 0.243 e. The Morgan fingerprint density at radius 3 is 2.64 bits per heavy atom. The molecule has 144 valence electrons. The van der Waals surface area contributed by atoms with Crippen LogP contribution >= 0.6 is 11.8 Å². The van der Waals surface area contributed by atoms with Crippen molar-refractivity contribution in [1.82, 2.24) is 9.97 Å². The number of carbonyl (C=O) groups excluding carboxylic acids is 1. The Hall–Kier alpha value is -2.86. The molecule has 0 aliphatic rings. The van der Waals surface area contributed by atoms with E-state index in [1.165, 1.54) is 5.56 Å². The Balaban J connectivity index is 1.60. The van der Waals surface area contributed by atoms with Gasteiger partial charge in [-0.15, -0.1) is 11.8 Å². The van der Waals surface area contributed by atoms with Crippen molar-refractivity contribution >= 4 is 29.2 Å².